The Labute approximate surface area is 128 Å². The highest BCUT2D eigenvalue weighted by atomic mass is 35.5. The molecule has 1 N–H and O–H groups in total. The van der Waals surface area contributed by atoms with Crippen LogP contribution in [-0.2, 0) is 0 Å². The maximum Gasteiger partial charge on any atom is 0.128 e. The number of benzene rings is 2. The van der Waals surface area contributed by atoms with Gasteiger partial charge in [-0.05, 0) is 49.2 Å². The average molecular weight is 310 g/mol. The minimum atomic E-state index is -0.465. The van der Waals surface area contributed by atoms with E-state index in [4.69, 9.17) is 11.6 Å². The van der Waals surface area contributed by atoms with Crippen LogP contribution < -0.4 is 5.32 Å². The molecule has 0 saturated heterocycles. The molecule has 21 heavy (non-hydrogen) atoms. The van der Waals surface area contributed by atoms with E-state index >= 15 is 0 Å². The first kappa shape index (κ1) is 15.9. The Bertz CT molecular complexity index is 626. The van der Waals surface area contributed by atoms with Gasteiger partial charge in [0.15, 0.2) is 0 Å². The van der Waals surface area contributed by atoms with E-state index in [0.29, 0.717) is 11.6 Å². The number of hydrogen-bond acceptors (Lipinski definition) is 1. The zero-order valence-corrected chi connectivity index (χ0v) is 12.8. The predicted octanol–water partition coefficient (Wildman–Crippen LogP) is 5.02. The Morgan fingerprint density at radius 2 is 1.90 bits per heavy atom. The summed E-state index contributed by atoms with van der Waals surface area (Å²) in [4.78, 5) is 0. The topological polar surface area (TPSA) is 12.0 Å². The van der Waals surface area contributed by atoms with E-state index in [1.54, 1.807) is 0 Å². The van der Waals surface area contributed by atoms with Gasteiger partial charge < -0.3 is 5.32 Å². The van der Waals surface area contributed by atoms with Gasteiger partial charge in [-0.15, -0.1) is 0 Å². The van der Waals surface area contributed by atoms with Gasteiger partial charge in [-0.25, -0.2) is 8.78 Å². The molecule has 0 bridgehead atoms. The van der Waals surface area contributed by atoms with Gasteiger partial charge in [0.25, 0.3) is 0 Å². The van der Waals surface area contributed by atoms with Crippen LogP contribution in [0.4, 0.5) is 8.78 Å². The lowest BCUT2D eigenvalue weighted by atomic mass is 9.96. The summed E-state index contributed by atoms with van der Waals surface area (Å²) in [6.07, 6.45) is 0.886. The molecule has 1 unspecified atom stereocenters. The highest BCUT2D eigenvalue weighted by molar-refractivity contribution is 6.32. The molecule has 0 saturated carbocycles. The molecule has 0 heterocycles. The number of nitrogens with one attached hydrogen (secondary N) is 1. The van der Waals surface area contributed by atoms with Gasteiger partial charge in [0, 0.05) is 10.6 Å². The first-order valence-electron chi connectivity index (χ1n) is 6.98. The zero-order valence-electron chi connectivity index (χ0n) is 12.1. The molecule has 1 atom stereocenters. The van der Waals surface area contributed by atoms with Crippen LogP contribution >= 0.6 is 11.6 Å². The fraction of sp³-hybridized carbons (Fsp3) is 0.294. The van der Waals surface area contributed by atoms with Crippen molar-refractivity contribution in [3.8, 4) is 0 Å². The van der Waals surface area contributed by atoms with Crippen molar-refractivity contribution in [1.82, 2.24) is 5.32 Å². The second kappa shape index (κ2) is 7.01. The Hall–Kier alpha value is -1.45. The molecule has 1 nitrogen and oxygen atoms in total. The summed E-state index contributed by atoms with van der Waals surface area (Å²) >= 11 is 6.35. The van der Waals surface area contributed by atoms with Crippen molar-refractivity contribution in [1.29, 1.82) is 0 Å². The van der Waals surface area contributed by atoms with Crippen molar-refractivity contribution in [3.63, 3.8) is 0 Å². The van der Waals surface area contributed by atoms with Crippen LogP contribution in [0.5, 0.6) is 0 Å². The third kappa shape index (κ3) is 3.60. The highest BCUT2D eigenvalue weighted by Gasteiger charge is 2.21. The minimum absolute atomic E-state index is 0.274. The first-order valence-corrected chi connectivity index (χ1v) is 7.35. The van der Waals surface area contributed by atoms with Gasteiger partial charge in [0.2, 0.25) is 0 Å². The summed E-state index contributed by atoms with van der Waals surface area (Å²) < 4.78 is 27.6. The molecule has 2 rings (SSSR count). The number of halogens is 3. The molecule has 0 aliphatic carbocycles. The smallest absolute Gasteiger partial charge is 0.128 e. The summed E-state index contributed by atoms with van der Waals surface area (Å²) in [5.41, 5.74) is 1.94. The summed E-state index contributed by atoms with van der Waals surface area (Å²) in [6, 6.07) is 8.63. The second-order valence-corrected chi connectivity index (χ2v) is 5.41. The van der Waals surface area contributed by atoms with E-state index in [1.165, 1.54) is 6.07 Å². The summed E-state index contributed by atoms with van der Waals surface area (Å²) in [5, 5.41) is 3.83. The summed E-state index contributed by atoms with van der Waals surface area (Å²) in [7, 11) is 0. The largest absolute Gasteiger partial charge is 0.306 e. The molecule has 0 amide bonds. The van der Waals surface area contributed by atoms with Crippen molar-refractivity contribution >= 4 is 11.6 Å². The van der Waals surface area contributed by atoms with Gasteiger partial charge in [-0.3, -0.25) is 0 Å². The lowest BCUT2D eigenvalue weighted by Crippen LogP contribution is -2.24. The van der Waals surface area contributed by atoms with Gasteiger partial charge in [0.1, 0.15) is 11.6 Å². The molecule has 2 aromatic carbocycles. The SMILES string of the molecule is CCCNC(c1cc(F)ccc1F)c1cccc(C)c1Cl. The van der Waals surface area contributed by atoms with E-state index < -0.39 is 17.7 Å². The van der Waals surface area contributed by atoms with Gasteiger partial charge >= 0.3 is 0 Å². The van der Waals surface area contributed by atoms with Crippen LogP contribution in [0.25, 0.3) is 0 Å². The molecule has 0 radical (unpaired) electrons. The van der Waals surface area contributed by atoms with E-state index in [-0.39, 0.29) is 5.56 Å². The Morgan fingerprint density at radius 3 is 2.62 bits per heavy atom. The minimum Gasteiger partial charge on any atom is -0.306 e. The molecular formula is C17H18ClF2N. The molecule has 0 spiro atoms. The van der Waals surface area contributed by atoms with E-state index in [0.717, 1.165) is 29.7 Å². The van der Waals surface area contributed by atoms with Crippen molar-refractivity contribution in [2.75, 3.05) is 6.54 Å². The summed E-state index contributed by atoms with van der Waals surface area (Å²) in [5.74, 6) is -0.902. The molecule has 2 aromatic rings. The monoisotopic (exact) mass is 309 g/mol. The fourth-order valence-electron chi connectivity index (χ4n) is 2.31. The lowest BCUT2D eigenvalue weighted by molar-refractivity contribution is 0.535. The second-order valence-electron chi connectivity index (χ2n) is 5.03. The van der Waals surface area contributed by atoms with Gasteiger partial charge in [-0.2, -0.15) is 0 Å². The average Bonchev–Trinajstić information content (AvgIpc) is 2.47. The molecular weight excluding hydrogens is 292 g/mol. The van der Waals surface area contributed by atoms with Crippen LogP contribution in [0.1, 0.15) is 36.1 Å². The number of rotatable bonds is 5. The van der Waals surface area contributed by atoms with Crippen molar-refractivity contribution in [2.24, 2.45) is 0 Å². The molecule has 0 aliphatic rings. The fourth-order valence-corrected chi connectivity index (χ4v) is 2.54. The Kier molecular flexibility index (Phi) is 5.32. The van der Waals surface area contributed by atoms with Crippen LogP contribution in [0.15, 0.2) is 36.4 Å². The van der Waals surface area contributed by atoms with Gasteiger partial charge in [-0.1, -0.05) is 36.7 Å². The standard InChI is InChI=1S/C17H18ClF2N/c1-3-9-21-17(13-6-4-5-11(2)16(13)18)14-10-12(19)7-8-15(14)20/h4-8,10,17,21H,3,9H2,1-2H3. The number of aryl methyl sites for hydroxylation is 1. The van der Waals surface area contributed by atoms with Gasteiger partial charge in [0.05, 0.1) is 6.04 Å². The van der Waals surface area contributed by atoms with Crippen molar-refractivity contribution in [3.05, 3.63) is 69.7 Å². The summed E-state index contributed by atoms with van der Waals surface area (Å²) in [6.45, 7) is 4.60. The molecule has 4 heteroatoms. The molecule has 112 valence electrons. The Balaban J connectivity index is 2.52. The van der Waals surface area contributed by atoms with E-state index in [1.807, 2.05) is 32.0 Å². The van der Waals surface area contributed by atoms with Crippen LogP contribution in [0, 0.1) is 18.6 Å². The third-order valence-electron chi connectivity index (χ3n) is 3.40. The number of hydrogen-bond donors (Lipinski definition) is 1. The highest BCUT2D eigenvalue weighted by Crippen LogP contribution is 2.32. The Morgan fingerprint density at radius 1 is 1.14 bits per heavy atom. The maximum absolute atomic E-state index is 14.1. The molecule has 0 aromatic heterocycles. The third-order valence-corrected chi connectivity index (χ3v) is 3.92. The maximum atomic E-state index is 14.1. The zero-order chi connectivity index (χ0) is 15.4. The van der Waals surface area contributed by atoms with E-state index in [2.05, 4.69) is 5.32 Å². The molecule has 0 aliphatic heterocycles. The normalized spacial score (nSPS) is 12.4. The van der Waals surface area contributed by atoms with Crippen LogP contribution in [0.2, 0.25) is 5.02 Å². The quantitative estimate of drug-likeness (QED) is 0.818. The van der Waals surface area contributed by atoms with Crippen LogP contribution in [0.3, 0.4) is 0 Å². The van der Waals surface area contributed by atoms with E-state index in [9.17, 15) is 8.78 Å². The van der Waals surface area contributed by atoms with Crippen molar-refractivity contribution in [2.45, 2.75) is 26.3 Å². The van der Waals surface area contributed by atoms with Crippen LogP contribution in [-0.4, -0.2) is 6.54 Å². The molecule has 0 fully saturated rings. The first-order chi connectivity index (χ1) is 10.0. The van der Waals surface area contributed by atoms with Crippen molar-refractivity contribution < 1.29 is 8.78 Å². The predicted molar refractivity (Wildman–Crippen MR) is 82.7 cm³/mol. The lowest BCUT2D eigenvalue weighted by Gasteiger charge is -2.22.